The van der Waals surface area contributed by atoms with Crippen LogP contribution in [0.5, 0.6) is 5.75 Å². The van der Waals surface area contributed by atoms with Crippen LogP contribution in [0.2, 0.25) is 0 Å². The Labute approximate surface area is 453 Å². The summed E-state index contributed by atoms with van der Waals surface area (Å²) in [5.74, 6) is -15.1. The number of aromatic nitrogens is 2. The van der Waals surface area contributed by atoms with Crippen LogP contribution < -0.4 is 54.0 Å². The quantitative estimate of drug-likeness (QED) is 0.0290. The number of aliphatic hydroxyl groups excluding tert-OH is 1. The lowest BCUT2D eigenvalue weighted by Gasteiger charge is -2.29. The van der Waals surface area contributed by atoms with Crippen LogP contribution in [0.25, 0.3) is 0 Å². The number of nitrogens with two attached hydrogens (primary N) is 2. The lowest BCUT2D eigenvalue weighted by molar-refractivity contribution is -0.143. The van der Waals surface area contributed by atoms with Crippen LogP contribution in [0.1, 0.15) is 103 Å². The normalized spacial score (nSPS) is 15.2. The number of phenols is 1. The topological polar surface area (TPSA) is 503 Å². The number of aromatic amines is 1. The fourth-order valence-electron chi connectivity index (χ4n) is 7.53. The molecule has 11 atom stereocenters. The largest absolute Gasteiger partial charge is 0.508 e. The summed E-state index contributed by atoms with van der Waals surface area (Å²) in [6.07, 6.45) is -2.00. The third kappa shape index (κ3) is 24.3. The number of amides is 8. The molecule has 438 valence electrons. The third-order valence-electron chi connectivity index (χ3n) is 12.3. The maximum atomic E-state index is 14.1. The molecular weight excluding hydrogens is 1040 g/mol. The number of aliphatic hydroxyl groups is 1. The van der Waals surface area contributed by atoms with Gasteiger partial charge in [-0.1, -0.05) is 32.4 Å². The van der Waals surface area contributed by atoms with E-state index < -0.39 is 176 Å². The second kappa shape index (κ2) is 33.8. The van der Waals surface area contributed by atoms with Gasteiger partial charge in [-0.25, -0.2) is 9.78 Å². The number of carboxylic acids is 4. The van der Waals surface area contributed by atoms with Crippen molar-refractivity contribution in [2.24, 2.45) is 17.4 Å². The molecule has 0 saturated heterocycles. The minimum absolute atomic E-state index is 0.0570. The molecule has 1 aromatic carbocycles. The van der Waals surface area contributed by atoms with E-state index in [1.165, 1.54) is 50.6 Å². The molecule has 30 heteroatoms. The number of hydrogen-bond acceptors (Lipinski definition) is 17. The molecule has 0 aliphatic heterocycles. The molecule has 0 spiro atoms. The summed E-state index contributed by atoms with van der Waals surface area (Å²) in [4.78, 5) is 163. The van der Waals surface area contributed by atoms with E-state index in [9.17, 15) is 83.1 Å². The van der Waals surface area contributed by atoms with Crippen LogP contribution in [-0.4, -0.2) is 179 Å². The number of nitrogens with zero attached hydrogens (tertiary/aromatic N) is 1. The van der Waals surface area contributed by atoms with Gasteiger partial charge in [0.25, 0.3) is 0 Å². The highest BCUT2D eigenvalue weighted by Crippen LogP contribution is 2.15. The maximum Gasteiger partial charge on any atom is 0.326 e. The Kier molecular flexibility index (Phi) is 28.6. The van der Waals surface area contributed by atoms with Gasteiger partial charge in [-0.2, -0.15) is 0 Å². The van der Waals surface area contributed by atoms with Gasteiger partial charge in [-0.3, -0.25) is 52.7 Å². The van der Waals surface area contributed by atoms with Gasteiger partial charge in [0.1, 0.15) is 54.1 Å². The molecule has 1 heterocycles. The summed E-state index contributed by atoms with van der Waals surface area (Å²) in [6, 6.07) is -8.78. The van der Waals surface area contributed by atoms with Crippen LogP contribution >= 0.6 is 0 Å². The number of H-pyrrole nitrogens is 1. The summed E-state index contributed by atoms with van der Waals surface area (Å²) >= 11 is 0. The summed E-state index contributed by atoms with van der Waals surface area (Å²) in [5.41, 5.74) is 12.6. The average Bonchev–Trinajstić information content (AvgIpc) is 3.90. The number of aromatic hydroxyl groups is 1. The predicted octanol–water partition coefficient (Wildman–Crippen LogP) is -3.64. The fraction of sp³-hybridized carbons (Fsp3) is 0.571. The Hall–Kier alpha value is -8.25. The lowest BCUT2D eigenvalue weighted by atomic mass is 9.96. The van der Waals surface area contributed by atoms with E-state index in [-0.39, 0.29) is 38.0 Å². The molecule has 0 aliphatic carbocycles. The standard InChI is InChI=1S/C49H74N12O18/c1-5-24(2)39(47(76)59-35(20-27-9-11-29(63)12-10-27)46(75)58-34(49(78)79)15-18-38(68)69)60-45(74)33(14-17-37(66)67)56-44(73)32(13-16-36(64)65)57-48(77)40(26(4)62)61-41(70)25(3)54-43(72)31(8-6-7-19-50)55-42(71)30(51)21-28-22-52-23-53-28/h9-12,22-26,30-35,39-40,62-63H,5-8,13-21,50-51H2,1-4H3,(H,52,53)(H,54,72)(H,55,71)(H,56,73)(H,57,77)(H,58,75)(H,59,76)(H,60,74)(H,61,70)(H,64,65)(H,66,67)(H,68,69)(H,78,79)/t24-,25-,26+,30-,31-,32-,33-,34-,35-,39-,40-/m0/s1. The van der Waals surface area contributed by atoms with E-state index in [0.717, 1.165) is 6.92 Å². The van der Waals surface area contributed by atoms with Gasteiger partial charge < -0.3 is 89.6 Å². The van der Waals surface area contributed by atoms with E-state index in [1.807, 2.05) is 0 Å². The van der Waals surface area contributed by atoms with Gasteiger partial charge in [0.2, 0.25) is 47.3 Å². The van der Waals surface area contributed by atoms with Gasteiger partial charge in [0.05, 0.1) is 18.5 Å². The van der Waals surface area contributed by atoms with Gasteiger partial charge in [-0.15, -0.1) is 0 Å². The van der Waals surface area contributed by atoms with Crippen LogP contribution in [0.3, 0.4) is 0 Å². The summed E-state index contributed by atoms with van der Waals surface area (Å²) < 4.78 is 0. The molecule has 30 nitrogen and oxygen atoms in total. The minimum atomic E-state index is -1.88. The average molecular weight is 1120 g/mol. The number of carbonyl (C=O) groups is 12. The highest BCUT2D eigenvalue weighted by atomic mass is 16.4. The van der Waals surface area contributed by atoms with Crippen molar-refractivity contribution in [3.8, 4) is 5.75 Å². The van der Waals surface area contributed by atoms with E-state index in [4.69, 9.17) is 16.6 Å². The maximum absolute atomic E-state index is 14.1. The van der Waals surface area contributed by atoms with Gasteiger partial charge in [0, 0.05) is 44.0 Å². The van der Waals surface area contributed by atoms with E-state index >= 15 is 0 Å². The molecule has 0 fully saturated rings. The molecular formula is C49H74N12O18. The van der Waals surface area contributed by atoms with Crippen molar-refractivity contribution >= 4 is 71.1 Å². The zero-order valence-corrected chi connectivity index (χ0v) is 44.2. The molecule has 79 heavy (non-hydrogen) atoms. The molecule has 0 radical (unpaired) electrons. The van der Waals surface area contributed by atoms with Crippen LogP contribution in [-0.2, 0) is 70.4 Å². The number of imidazole rings is 1. The summed E-state index contributed by atoms with van der Waals surface area (Å²) in [6.45, 7) is 5.74. The van der Waals surface area contributed by atoms with Crippen LogP contribution in [0.4, 0.5) is 0 Å². The fourth-order valence-corrected chi connectivity index (χ4v) is 7.53. The second-order valence-corrected chi connectivity index (χ2v) is 18.8. The first-order valence-electron chi connectivity index (χ1n) is 25.4. The predicted molar refractivity (Wildman–Crippen MR) is 275 cm³/mol. The Morgan fingerprint density at radius 1 is 0.557 bits per heavy atom. The molecule has 2 aromatic rings. The number of rotatable bonds is 37. The van der Waals surface area contributed by atoms with Crippen molar-refractivity contribution in [1.82, 2.24) is 52.5 Å². The van der Waals surface area contributed by atoms with Crippen LogP contribution in [0.15, 0.2) is 36.8 Å². The van der Waals surface area contributed by atoms with Crippen molar-refractivity contribution in [2.75, 3.05) is 6.54 Å². The Balaban J connectivity index is 2.37. The zero-order chi connectivity index (χ0) is 59.5. The molecule has 0 saturated carbocycles. The smallest absolute Gasteiger partial charge is 0.326 e. The molecule has 0 aliphatic rings. The molecule has 8 amide bonds. The second-order valence-electron chi connectivity index (χ2n) is 18.8. The summed E-state index contributed by atoms with van der Waals surface area (Å²) in [5, 5.41) is 77.3. The SMILES string of the molecule is CC[C@H](C)[C@H](NC(=O)[C@H](CCC(=O)O)NC(=O)[C@H](CCC(=O)O)NC(=O)[C@@H](NC(=O)[C@H](C)NC(=O)[C@H](CCCCN)NC(=O)[C@@H](N)Cc1cnc[nH]1)[C@@H](C)O)C(=O)N[C@@H](Cc1ccc(O)cc1)C(=O)N[C@@H](CCC(=O)O)C(=O)O. The number of carbonyl (C=O) groups excluding carboxylic acids is 8. The first-order chi connectivity index (χ1) is 37.2. The van der Waals surface area contributed by atoms with E-state index in [0.29, 0.717) is 24.1 Å². The zero-order valence-electron chi connectivity index (χ0n) is 44.2. The Bertz CT molecular complexity index is 2410. The highest BCUT2D eigenvalue weighted by molar-refractivity contribution is 5.98. The first kappa shape index (κ1) is 66.9. The van der Waals surface area contributed by atoms with E-state index in [1.54, 1.807) is 6.92 Å². The number of hydrogen-bond donors (Lipinski definition) is 17. The van der Waals surface area contributed by atoms with Gasteiger partial charge in [0.15, 0.2) is 0 Å². The molecule has 2 rings (SSSR count). The first-order valence-corrected chi connectivity index (χ1v) is 25.4. The number of unbranched alkanes of at least 4 members (excludes halogenated alkanes) is 1. The van der Waals surface area contributed by atoms with Crippen molar-refractivity contribution in [3.05, 3.63) is 48.0 Å². The number of carboxylic acid groups (broad SMARTS) is 4. The van der Waals surface area contributed by atoms with Gasteiger partial charge >= 0.3 is 23.9 Å². The number of benzene rings is 1. The molecule has 19 N–H and O–H groups in total. The van der Waals surface area contributed by atoms with E-state index in [2.05, 4.69) is 52.5 Å². The minimum Gasteiger partial charge on any atom is -0.508 e. The number of phenolic OH excluding ortho intramolecular Hbond substituents is 1. The lowest BCUT2D eigenvalue weighted by Crippen LogP contribution is -2.62. The molecule has 0 unspecified atom stereocenters. The number of nitrogens with one attached hydrogen (secondary N) is 9. The third-order valence-corrected chi connectivity index (χ3v) is 12.3. The molecule has 1 aromatic heterocycles. The van der Waals surface area contributed by atoms with Crippen molar-refractivity contribution < 1.29 is 88.2 Å². The monoisotopic (exact) mass is 1120 g/mol. The highest BCUT2D eigenvalue weighted by Gasteiger charge is 2.37. The summed E-state index contributed by atoms with van der Waals surface area (Å²) in [7, 11) is 0. The van der Waals surface area contributed by atoms with Crippen molar-refractivity contribution in [3.63, 3.8) is 0 Å². The van der Waals surface area contributed by atoms with Crippen molar-refractivity contribution in [1.29, 1.82) is 0 Å². The van der Waals surface area contributed by atoms with Crippen molar-refractivity contribution in [2.45, 2.75) is 165 Å². The molecule has 0 bridgehead atoms. The number of aliphatic carboxylic acids is 4. The Morgan fingerprint density at radius 3 is 1.52 bits per heavy atom. The van der Waals surface area contributed by atoms with Crippen LogP contribution in [0, 0.1) is 5.92 Å². The van der Waals surface area contributed by atoms with Gasteiger partial charge in [-0.05, 0) is 82.5 Å². The Morgan fingerprint density at radius 2 is 1.01 bits per heavy atom.